The first-order valence-electron chi connectivity index (χ1n) is 6.27. The fraction of sp³-hybridized carbons (Fsp3) is 0.0667. The maximum Gasteiger partial charge on any atom is 0.247 e. The number of benzene rings is 2. The quantitative estimate of drug-likeness (QED) is 0.760. The number of rotatable bonds is 4. The van der Waals surface area contributed by atoms with Crippen molar-refractivity contribution in [1.82, 2.24) is 10.2 Å². The topological polar surface area (TPSA) is 51.0 Å². The van der Waals surface area contributed by atoms with Gasteiger partial charge in [0.25, 0.3) is 0 Å². The molecule has 0 saturated heterocycles. The van der Waals surface area contributed by atoms with Gasteiger partial charge in [0.1, 0.15) is 0 Å². The van der Waals surface area contributed by atoms with Crippen molar-refractivity contribution in [3.05, 3.63) is 64.5 Å². The molecular formula is C15H11Cl2N3O. The minimum absolute atomic E-state index is 0.499. The molecule has 0 amide bonds. The molecule has 1 N–H and O–H groups in total. The van der Waals surface area contributed by atoms with Gasteiger partial charge >= 0.3 is 0 Å². The van der Waals surface area contributed by atoms with Crippen LogP contribution in [0.1, 0.15) is 5.56 Å². The van der Waals surface area contributed by atoms with Gasteiger partial charge < -0.3 is 9.73 Å². The summed E-state index contributed by atoms with van der Waals surface area (Å²) < 4.78 is 5.14. The summed E-state index contributed by atoms with van der Waals surface area (Å²) in [5.74, 6) is 0.499. The van der Waals surface area contributed by atoms with Crippen LogP contribution in [-0.4, -0.2) is 10.2 Å². The van der Waals surface area contributed by atoms with E-state index >= 15 is 0 Å². The molecule has 0 saturated carbocycles. The molecule has 0 atom stereocenters. The SMILES string of the molecule is Clc1cccc(CNc2ccc(-c3nnco3)cc2)c1Cl. The summed E-state index contributed by atoms with van der Waals surface area (Å²) in [4.78, 5) is 0. The first kappa shape index (κ1) is 13.9. The van der Waals surface area contributed by atoms with Crippen LogP contribution < -0.4 is 5.32 Å². The maximum absolute atomic E-state index is 6.15. The fourth-order valence-electron chi connectivity index (χ4n) is 1.91. The van der Waals surface area contributed by atoms with Crippen LogP contribution in [0.4, 0.5) is 5.69 Å². The van der Waals surface area contributed by atoms with E-state index in [2.05, 4.69) is 15.5 Å². The van der Waals surface area contributed by atoms with Gasteiger partial charge in [0, 0.05) is 17.8 Å². The highest BCUT2D eigenvalue weighted by Gasteiger charge is 2.05. The molecule has 2 aromatic carbocycles. The summed E-state index contributed by atoms with van der Waals surface area (Å²) in [5.41, 5.74) is 2.79. The Morgan fingerprint density at radius 1 is 1.05 bits per heavy atom. The zero-order valence-electron chi connectivity index (χ0n) is 10.9. The molecule has 0 spiro atoms. The van der Waals surface area contributed by atoms with Gasteiger partial charge in [-0.1, -0.05) is 35.3 Å². The van der Waals surface area contributed by atoms with Crippen LogP contribution in [0.3, 0.4) is 0 Å². The van der Waals surface area contributed by atoms with Crippen LogP contribution >= 0.6 is 23.2 Å². The lowest BCUT2D eigenvalue weighted by Crippen LogP contribution is -2.00. The van der Waals surface area contributed by atoms with Crippen LogP contribution in [0.15, 0.2) is 53.3 Å². The first-order chi connectivity index (χ1) is 10.2. The second-order valence-corrected chi connectivity index (χ2v) is 5.17. The Morgan fingerprint density at radius 3 is 2.57 bits per heavy atom. The van der Waals surface area contributed by atoms with Crippen LogP contribution in [0.2, 0.25) is 10.0 Å². The summed E-state index contributed by atoms with van der Waals surface area (Å²) >= 11 is 12.1. The Hall–Kier alpha value is -2.04. The highest BCUT2D eigenvalue weighted by molar-refractivity contribution is 6.42. The Labute approximate surface area is 131 Å². The zero-order valence-corrected chi connectivity index (χ0v) is 12.4. The smallest absolute Gasteiger partial charge is 0.247 e. The zero-order chi connectivity index (χ0) is 14.7. The van der Waals surface area contributed by atoms with Crippen molar-refractivity contribution < 1.29 is 4.42 Å². The number of hydrogen-bond acceptors (Lipinski definition) is 4. The maximum atomic E-state index is 6.15. The van der Waals surface area contributed by atoms with E-state index in [0.717, 1.165) is 16.8 Å². The van der Waals surface area contributed by atoms with Crippen LogP contribution in [0, 0.1) is 0 Å². The van der Waals surface area contributed by atoms with Gasteiger partial charge in [0.05, 0.1) is 10.0 Å². The normalized spacial score (nSPS) is 10.6. The third-order valence-electron chi connectivity index (χ3n) is 3.01. The molecule has 0 aliphatic rings. The van der Waals surface area contributed by atoms with Gasteiger partial charge in [-0.05, 0) is 35.9 Å². The molecule has 0 unspecified atom stereocenters. The fourth-order valence-corrected chi connectivity index (χ4v) is 2.30. The van der Waals surface area contributed by atoms with E-state index in [4.69, 9.17) is 27.6 Å². The molecular weight excluding hydrogens is 309 g/mol. The van der Waals surface area contributed by atoms with Crippen molar-refractivity contribution in [2.75, 3.05) is 5.32 Å². The number of nitrogens with one attached hydrogen (secondary N) is 1. The molecule has 0 aliphatic heterocycles. The third kappa shape index (κ3) is 3.17. The van der Waals surface area contributed by atoms with E-state index in [0.29, 0.717) is 22.5 Å². The van der Waals surface area contributed by atoms with Crippen molar-refractivity contribution in [1.29, 1.82) is 0 Å². The van der Waals surface area contributed by atoms with Crippen LogP contribution in [0.25, 0.3) is 11.5 Å². The molecule has 106 valence electrons. The third-order valence-corrected chi connectivity index (χ3v) is 3.86. The predicted molar refractivity (Wildman–Crippen MR) is 83.5 cm³/mol. The number of nitrogens with zero attached hydrogens (tertiary/aromatic N) is 2. The van der Waals surface area contributed by atoms with Gasteiger partial charge in [0.15, 0.2) is 0 Å². The van der Waals surface area contributed by atoms with Crippen molar-refractivity contribution in [2.24, 2.45) is 0 Å². The molecule has 3 rings (SSSR count). The molecule has 4 nitrogen and oxygen atoms in total. The largest absolute Gasteiger partial charge is 0.423 e. The van der Waals surface area contributed by atoms with Crippen molar-refractivity contribution in [3.8, 4) is 11.5 Å². The number of hydrogen-bond donors (Lipinski definition) is 1. The summed E-state index contributed by atoms with van der Waals surface area (Å²) in [6.45, 7) is 0.597. The molecule has 6 heteroatoms. The summed E-state index contributed by atoms with van der Waals surface area (Å²) in [5, 5.41) is 11.9. The first-order valence-corrected chi connectivity index (χ1v) is 7.03. The van der Waals surface area contributed by atoms with Crippen LogP contribution in [-0.2, 0) is 6.54 Å². The van der Waals surface area contributed by atoms with Crippen LogP contribution in [0.5, 0.6) is 0 Å². The second-order valence-electron chi connectivity index (χ2n) is 4.39. The molecule has 21 heavy (non-hydrogen) atoms. The van der Waals surface area contributed by atoms with Crippen molar-refractivity contribution in [2.45, 2.75) is 6.54 Å². The second kappa shape index (κ2) is 6.16. The standard InChI is InChI=1S/C15H11Cl2N3O/c16-13-3-1-2-11(14(13)17)8-18-12-6-4-10(5-7-12)15-20-19-9-21-15/h1-7,9,18H,8H2. The van der Waals surface area contributed by atoms with Gasteiger partial charge in [-0.25, -0.2) is 0 Å². The number of aromatic nitrogens is 2. The van der Waals surface area contributed by atoms with Gasteiger partial charge in [-0.2, -0.15) is 0 Å². The lowest BCUT2D eigenvalue weighted by molar-refractivity contribution is 0.568. The molecule has 0 radical (unpaired) electrons. The lowest BCUT2D eigenvalue weighted by atomic mass is 10.2. The Kier molecular flexibility index (Phi) is 4.08. The molecule has 3 aromatic rings. The van der Waals surface area contributed by atoms with E-state index in [-0.39, 0.29) is 0 Å². The van der Waals surface area contributed by atoms with E-state index in [1.807, 2.05) is 36.4 Å². The molecule has 1 heterocycles. The Morgan fingerprint density at radius 2 is 1.86 bits per heavy atom. The number of anilines is 1. The van der Waals surface area contributed by atoms with E-state index < -0.39 is 0 Å². The summed E-state index contributed by atoms with van der Waals surface area (Å²) in [6.07, 6.45) is 1.31. The van der Waals surface area contributed by atoms with E-state index in [1.54, 1.807) is 6.07 Å². The van der Waals surface area contributed by atoms with Gasteiger partial charge in [-0.3, -0.25) is 0 Å². The monoisotopic (exact) mass is 319 g/mol. The van der Waals surface area contributed by atoms with Crippen molar-refractivity contribution in [3.63, 3.8) is 0 Å². The Balaban J connectivity index is 1.70. The highest BCUT2D eigenvalue weighted by Crippen LogP contribution is 2.26. The average molecular weight is 320 g/mol. The highest BCUT2D eigenvalue weighted by atomic mass is 35.5. The van der Waals surface area contributed by atoms with E-state index in [9.17, 15) is 0 Å². The molecule has 0 fully saturated rings. The van der Waals surface area contributed by atoms with Gasteiger partial charge in [-0.15, -0.1) is 10.2 Å². The molecule has 0 bridgehead atoms. The predicted octanol–water partition coefficient (Wildman–Crippen LogP) is 4.66. The van der Waals surface area contributed by atoms with Crippen molar-refractivity contribution >= 4 is 28.9 Å². The van der Waals surface area contributed by atoms with Gasteiger partial charge in [0.2, 0.25) is 12.3 Å². The van der Waals surface area contributed by atoms with E-state index in [1.165, 1.54) is 6.39 Å². The number of halogens is 2. The lowest BCUT2D eigenvalue weighted by Gasteiger charge is -2.09. The minimum Gasteiger partial charge on any atom is -0.423 e. The molecule has 1 aromatic heterocycles. The average Bonchev–Trinajstić information content (AvgIpc) is 3.04. The summed E-state index contributed by atoms with van der Waals surface area (Å²) in [7, 11) is 0. The summed E-state index contributed by atoms with van der Waals surface area (Å²) in [6, 6.07) is 13.3. The Bertz CT molecular complexity index is 727. The molecule has 0 aliphatic carbocycles. The minimum atomic E-state index is 0.499.